The minimum Gasteiger partial charge on any atom is -0.433 e. The van der Waals surface area contributed by atoms with Gasteiger partial charge in [0.1, 0.15) is 5.75 Å². The Balaban J connectivity index is 0.00000484. The average Bonchev–Trinajstić information content (AvgIpc) is 2.45. The number of carbonyl (C=O) groups is 1. The highest BCUT2D eigenvalue weighted by atomic mass is 35.5. The van der Waals surface area contributed by atoms with Gasteiger partial charge in [-0.1, -0.05) is 43.5 Å². The summed E-state index contributed by atoms with van der Waals surface area (Å²) in [5.74, 6) is -0.591. The molecular formula is C14H19Cl3F2N2O2. The summed E-state index contributed by atoms with van der Waals surface area (Å²) in [6, 6.07) is 2.01. The number of nitrogens with one attached hydrogen (secondary N) is 1. The molecule has 3 N–H and O–H groups in total. The lowest BCUT2D eigenvalue weighted by Gasteiger charge is -2.19. The molecule has 0 aliphatic carbocycles. The second-order valence-corrected chi connectivity index (χ2v) is 5.73. The van der Waals surface area contributed by atoms with Crippen LogP contribution in [0.25, 0.3) is 0 Å². The predicted octanol–water partition coefficient (Wildman–Crippen LogP) is 4.01. The van der Waals surface area contributed by atoms with E-state index in [9.17, 15) is 13.6 Å². The van der Waals surface area contributed by atoms with Crippen LogP contribution < -0.4 is 15.8 Å². The van der Waals surface area contributed by atoms with Crippen LogP contribution in [0.2, 0.25) is 10.0 Å². The quantitative estimate of drug-likeness (QED) is 0.738. The minimum atomic E-state index is -3.03. The second-order valence-electron chi connectivity index (χ2n) is 4.88. The second kappa shape index (κ2) is 10.1. The Hall–Kier alpha value is -0.820. The number of alkyl halides is 2. The first-order chi connectivity index (χ1) is 10.3. The summed E-state index contributed by atoms with van der Waals surface area (Å²) in [5, 5.41) is 2.78. The molecule has 0 aliphatic rings. The van der Waals surface area contributed by atoms with Crippen LogP contribution >= 0.6 is 35.6 Å². The molecule has 23 heavy (non-hydrogen) atoms. The van der Waals surface area contributed by atoms with Gasteiger partial charge in [0.2, 0.25) is 5.91 Å². The van der Waals surface area contributed by atoms with E-state index < -0.39 is 12.7 Å². The summed E-state index contributed by atoms with van der Waals surface area (Å²) in [5.41, 5.74) is 6.05. The van der Waals surface area contributed by atoms with E-state index in [-0.39, 0.29) is 52.1 Å². The van der Waals surface area contributed by atoms with E-state index in [1.807, 2.05) is 13.8 Å². The lowest BCUT2D eigenvalue weighted by Crippen LogP contribution is -2.44. The van der Waals surface area contributed by atoms with Crippen LogP contribution in [0.3, 0.4) is 0 Å². The lowest BCUT2D eigenvalue weighted by atomic mass is 9.99. The molecule has 1 rings (SSSR count). The Kier molecular flexibility index (Phi) is 9.77. The molecule has 0 heterocycles. The monoisotopic (exact) mass is 390 g/mol. The Morgan fingerprint density at radius 2 is 2.00 bits per heavy atom. The maximum atomic E-state index is 12.4. The van der Waals surface area contributed by atoms with Gasteiger partial charge in [-0.05, 0) is 18.1 Å². The van der Waals surface area contributed by atoms with Crippen molar-refractivity contribution in [3.63, 3.8) is 0 Å². The van der Waals surface area contributed by atoms with Crippen LogP contribution in [-0.2, 0) is 11.3 Å². The minimum absolute atomic E-state index is 0. The zero-order valence-electron chi connectivity index (χ0n) is 12.6. The smallest absolute Gasteiger partial charge is 0.387 e. The van der Waals surface area contributed by atoms with Gasteiger partial charge < -0.3 is 15.8 Å². The molecule has 0 fully saturated rings. The largest absolute Gasteiger partial charge is 0.433 e. The normalized spacial score (nSPS) is 13.2. The number of rotatable bonds is 7. The summed E-state index contributed by atoms with van der Waals surface area (Å²) in [6.45, 7) is 0.677. The fraction of sp³-hybridized carbons (Fsp3) is 0.500. The van der Waals surface area contributed by atoms with Crippen molar-refractivity contribution in [2.45, 2.75) is 39.5 Å². The molecule has 132 valence electrons. The number of hydrogen-bond acceptors (Lipinski definition) is 3. The molecule has 0 saturated heterocycles. The molecule has 9 heteroatoms. The molecule has 1 amide bonds. The standard InChI is InChI=1S/C14H18Cl2F2N2O2.ClH/c1-3-7(2)11(19)13(21)20-6-8-4-9(15)5-10(16)12(8)22-14(17)18;/h4-5,7,11,14H,3,6,19H2,1-2H3,(H,20,21);1H. The summed E-state index contributed by atoms with van der Waals surface area (Å²) in [6.07, 6.45) is 0.747. The van der Waals surface area contributed by atoms with E-state index >= 15 is 0 Å². The highest BCUT2D eigenvalue weighted by Gasteiger charge is 2.20. The molecule has 0 saturated carbocycles. The van der Waals surface area contributed by atoms with Crippen molar-refractivity contribution < 1.29 is 18.3 Å². The summed E-state index contributed by atoms with van der Waals surface area (Å²) in [4.78, 5) is 11.9. The number of hydrogen-bond donors (Lipinski definition) is 2. The van der Waals surface area contributed by atoms with Crippen molar-refractivity contribution in [2.24, 2.45) is 11.7 Å². The Labute approximate surface area is 150 Å². The summed E-state index contributed by atoms with van der Waals surface area (Å²) < 4.78 is 29.3. The average molecular weight is 392 g/mol. The Bertz CT molecular complexity index is 533. The number of nitrogens with two attached hydrogens (primary N) is 1. The molecular weight excluding hydrogens is 373 g/mol. The maximum absolute atomic E-state index is 12.4. The number of amides is 1. The first kappa shape index (κ1) is 22.2. The van der Waals surface area contributed by atoms with Gasteiger partial charge in [0.05, 0.1) is 11.1 Å². The molecule has 2 unspecified atom stereocenters. The van der Waals surface area contributed by atoms with Crippen molar-refractivity contribution in [1.82, 2.24) is 5.32 Å². The molecule has 1 aromatic carbocycles. The highest BCUT2D eigenvalue weighted by molar-refractivity contribution is 6.35. The molecule has 0 bridgehead atoms. The number of benzene rings is 1. The molecule has 0 radical (unpaired) electrons. The molecule has 2 atom stereocenters. The van der Waals surface area contributed by atoms with Crippen LogP contribution in [0.15, 0.2) is 12.1 Å². The van der Waals surface area contributed by atoms with Gasteiger partial charge in [-0.15, -0.1) is 12.4 Å². The molecule has 0 aromatic heterocycles. The third kappa shape index (κ3) is 6.67. The van der Waals surface area contributed by atoms with Crippen molar-refractivity contribution in [1.29, 1.82) is 0 Å². The van der Waals surface area contributed by atoms with Crippen LogP contribution in [0.1, 0.15) is 25.8 Å². The lowest BCUT2D eigenvalue weighted by molar-refractivity contribution is -0.123. The van der Waals surface area contributed by atoms with E-state index in [4.69, 9.17) is 28.9 Å². The van der Waals surface area contributed by atoms with Crippen molar-refractivity contribution in [2.75, 3.05) is 0 Å². The van der Waals surface area contributed by atoms with E-state index in [1.54, 1.807) is 0 Å². The SMILES string of the molecule is CCC(C)C(N)C(=O)NCc1cc(Cl)cc(Cl)c1OC(F)F.Cl. The molecule has 1 aromatic rings. The number of halogens is 5. The first-order valence-electron chi connectivity index (χ1n) is 6.72. The summed E-state index contributed by atoms with van der Waals surface area (Å²) >= 11 is 11.7. The van der Waals surface area contributed by atoms with Gasteiger partial charge >= 0.3 is 6.61 Å². The van der Waals surface area contributed by atoms with Crippen molar-refractivity contribution >= 4 is 41.5 Å². The van der Waals surface area contributed by atoms with Crippen LogP contribution in [-0.4, -0.2) is 18.6 Å². The van der Waals surface area contributed by atoms with Gasteiger partial charge in [0, 0.05) is 17.1 Å². The van der Waals surface area contributed by atoms with Gasteiger partial charge in [-0.3, -0.25) is 4.79 Å². The van der Waals surface area contributed by atoms with E-state index in [1.165, 1.54) is 12.1 Å². The van der Waals surface area contributed by atoms with Crippen LogP contribution in [0, 0.1) is 5.92 Å². The van der Waals surface area contributed by atoms with Crippen molar-refractivity contribution in [3.8, 4) is 5.75 Å². The van der Waals surface area contributed by atoms with Gasteiger partial charge in [0.25, 0.3) is 0 Å². The first-order valence-corrected chi connectivity index (χ1v) is 7.47. The van der Waals surface area contributed by atoms with E-state index in [2.05, 4.69) is 10.1 Å². The zero-order valence-corrected chi connectivity index (χ0v) is 14.9. The molecule has 4 nitrogen and oxygen atoms in total. The Morgan fingerprint density at radius 1 is 1.39 bits per heavy atom. The fourth-order valence-electron chi connectivity index (χ4n) is 1.78. The number of ether oxygens (including phenoxy) is 1. The van der Waals surface area contributed by atoms with Gasteiger partial charge in [-0.2, -0.15) is 8.78 Å². The third-order valence-corrected chi connectivity index (χ3v) is 3.80. The topological polar surface area (TPSA) is 64.4 Å². The maximum Gasteiger partial charge on any atom is 0.387 e. The highest BCUT2D eigenvalue weighted by Crippen LogP contribution is 2.33. The van der Waals surface area contributed by atoms with Gasteiger partial charge in [-0.25, -0.2) is 0 Å². The third-order valence-electron chi connectivity index (χ3n) is 3.31. The number of carbonyl (C=O) groups excluding carboxylic acids is 1. The Morgan fingerprint density at radius 3 is 2.52 bits per heavy atom. The predicted molar refractivity (Wildman–Crippen MR) is 89.6 cm³/mol. The fourth-order valence-corrected chi connectivity index (χ4v) is 2.36. The van der Waals surface area contributed by atoms with E-state index in [0.29, 0.717) is 0 Å². The summed E-state index contributed by atoms with van der Waals surface area (Å²) in [7, 11) is 0. The molecule has 0 aliphatic heterocycles. The van der Waals surface area contributed by atoms with Crippen LogP contribution in [0.4, 0.5) is 8.78 Å². The van der Waals surface area contributed by atoms with E-state index in [0.717, 1.165) is 6.42 Å². The van der Waals surface area contributed by atoms with Crippen molar-refractivity contribution in [3.05, 3.63) is 27.7 Å². The van der Waals surface area contributed by atoms with Crippen LogP contribution in [0.5, 0.6) is 5.75 Å². The van der Waals surface area contributed by atoms with Gasteiger partial charge in [0.15, 0.2) is 0 Å². The zero-order chi connectivity index (χ0) is 16.9. The molecule has 0 spiro atoms.